The number of hydrogen-bond donors (Lipinski definition) is 0. The summed E-state index contributed by atoms with van der Waals surface area (Å²) in [6.45, 7) is 16.1. The van der Waals surface area contributed by atoms with Gasteiger partial charge >= 0.3 is 0 Å². The van der Waals surface area contributed by atoms with Crippen molar-refractivity contribution >= 4 is 8.32 Å². The van der Waals surface area contributed by atoms with E-state index in [4.69, 9.17) is 9.69 Å². The first kappa shape index (κ1) is 17.9. The van der Waals surface area contributed by atoms with Gasteiger partial charge in [0.2, 0.25) is 8.32 Å². The van der Waals surface area contributed by atoms with Crippen molar-refractivity contribution in [2.75, 3.05) is 0 Å². The number of aryl methyl sites for hydroxylation is 1. The second-order valence-corrected chi connectivity index (χ2v) is 12.1. The number of rotatable bonds is 6. The van der Waals surface area contributed by atoms with Gasteiger partial charge < -0.3 is 4.43 Å². The lowest BCUT2D eigenvalue weighted by atomic mass is 10.2. The predicted molar refractivity (Wildman–Crippen MR) is 89.5 cm³/mol. The van der Waals surface area contributed by atoms with Gasteiger partial charge in [-0.05, 0) is 35.7 Å². The van der Waals surface area contributed by atoms with Gasteiger partial charge in [-0.1, -0.05) is 41.5 Å². The van der Waals surface area contributed by atoms with Gasteiger partial charge in [-0.15, -0.1) is 0 Å². The van der Waals surface area contributed by atoms with Gasteiger partial charge in [0.05, 0.1) is 23.6 Å². The molecule has 0 N–H and O–H groups in total. The van der Waals surface area contributed by atoms with E-state index in [1.165, 1.54) is 0 Å². The average Bonchev–Trinajstić information content (AvgIpc) is 2.38. The van der Waals surface area contributed by atoms with Crippen molar-refractivity contribution in [3.63, 3.8) is 0 Å². The largest absolute Gasteiger partial charge is 0.410 e. The molecule has 0 unspecified atom stereocenters. The third-order valence-electron chi connectivity index (χ3n) is 4.44. The molecule has 1 heterocycles. The Kier molecular flexibility index (Phi) is 6.12. The summed E-state index contributed by atoms with van der Waals surface area (Å²) in [5.41, 5.74) is 4.04. The highest BCUT2D eigenvalue weighted by molar-refractivity contribution is 6.77. The average molecular weight is 305 g/mol. The van der Waals surface area contributed by atoms with Gasteiger partial charge in [0.1, 0.15) is 6.07 Å². The third-order valence-corrected chi connectivity index (χ3v) is 10.5. The fourth-order valence-electron chi connectivity index (χ4n) is 3.51. The lowest BCUT2D eigenvalue weighted by molar-refractivity contribution is 0.261. The van der Waals surface area contributed by atoms with Crippen molar-refractivity contribution in [1.29, 1.82) is 5.26 Å². The molecule has 4 heteroatoms. The van der Waals surface area contributed by atoms with Crippen LogP contribution in [-0.4, -0.2) is 13.3 Å². The molecule has 0 aliphatic heterocycles. The Hall–Kier alpha value is -1.18. The zero-order valence-corrected chi connectivity index (χ0v) is 15.4. The van der Waals surface area contributed by atoms with Gasteiger partial charge in [-0.2, -0.15) is 5.26 Å². The first-order chi connectivity index (χ1) is 9.75. The van der Waals surface area contributed by atoms with E-state index in [1.807, 2.05) is 19.1 Å². The molecule has 116 valence electrons. The standard InChI is InChI=1S/C17H28N2OSi/c1-12(2)21(13(3)4,14(5)6)20-11-17-9-8-16(10-18)15(7)19-17/h8-9,12-14H,11H2,1-7H3. The van der Waals surface area contributed by atoms with Crippen molar-refractivity contribution in [3.05, 3.63) is 29.1 Å². The minimum atomic E-state index is -1.85. The number of nitriles is 1. The predicted octanol–water partition coefficient (Wildman–Crippen LogP) is 4.95. The highest BCUT2D eigenvalue weighted by Crippen LogP contribution is 2.42. The van der Waals surface area contributed by atoms with E-state index in [1.54, 1.807) is 0 Å². The van der Waals surface area contributed by atoms with Crippen LogP contribution in [0.25, 0.3) is 0 Å². The van der Waals surface area contributed by atoms with Crippen LogP contribution in [0.4, 0.5) is 0 Å². The Labute approximate surface area is 130 Å². The van der Waals surface area contributed by atoms with E-state index in [0.717, 1.165) is 11.4 Å². The number of hydrogen-bond acceptors (Lipinski definition) is 3. The summed E-state index contributed by atoms with van der Waals surface area (Å²) in [6, 6.07) is 5.90. The van der Waals surface area contributed by atoms with Crippen LogP contribution in [0.3, 0.4) is 0 Å². The third kappa shape index (κ3) is 3.72. The van der Waals surface area contributed by atoms with Gasteiger partial charge in [-0.25, -0.2) is 0 Å². The van der Waals surface area contributed by atoms with Gasteiger partial charge in [0.15, 0.2) is 0 Å². The smallest absolute Gasteiger partial charge is 0.200 e. The van der Waals surface area contributed by atoms with Crippen LogP contribution in [0.5, 0.6) is 0 Å². The van der Waals surface area contributed by atoms with Crippen LogP contribution in [0.2, 0.25) is 16.6 Å². The highest BCUT2D eigenvalue weighted by Gasteiger charge is 2.45. The van der Waals surface area contributed by atoms with E-state index in [9.17, 15) is 0 Å². The van der Waals surface area contributed by atoms with E-state index in [-0.39, 0.29) is 0 Å². The Morgan fingerprint density at radius 2 is 1.62 bits per heavy atom. The molecule has 0 radical (unpaired) electrons. The van der Waals surface area contributed by atoms with Crippen LogP contribution < -0.4 is 0 Å². The van der Waals surface area contributed by atoms with Gasteiger partial charge in [0.25, 0.3) is 0 Å². The maximum Gasteiger partial charge on any atom is 0.200 e. The molecule has 0 atom stereocenters. The molecule has 0 saturated carbocycles. The monoisotopic (exact) mass is 304 g/mol. The van der Waals surface area contributed by atoms with Crippen LogP contribution in [-0.2, 0) is 11.0 Å². The highest BCUT2D eigenvalue weighted by atomic mass is 28.4. The molecule has 0 saturated heterocycles. The zero-order chi connectivity index (χ0) is 16.2. The molecule has 0 amide bonds. The summed E-state index contributed by atoms with van der Waals surface area (Å²) >= 11 is 0. The van der Waals surface area contributed by atoms with Crippen molar-refractivity contribution < 1.29 is 4.43 Å². The maximum absolute atomic E-state index is 8.97. The molecular weight excluding hydrogens is 276 g/mol. The van der Waals surface area contributed by atoms with Crippen LogP contribution in [0.1, 0.15) is 58.5 Å². The van der Waals surface area contributed by atoms with Gasteiger partial charge in [-0.3, -0.25) is 4.98 Å². The lowest BCUT2D eigenvalue weighted by Gasteiger charge is -2.42. The molecule has 0 aliphatic rings. The Bertz CT molecular complexity index is 496. The number of pyridine rings is 1. The fourth-order valence-corrected chi connectivity index (χ4v) is 8.91. The zero-order valence-electron chi connectivity index (χ0n) is 14.4. The first-order valence-electron chi connectivity index (χ1n) is 7.76. The maximum atomic E-state index is 8.97. The van der Waals surface area contributed by atoms with Crippen molar-refractivity contribution in [2.45, 2.75) is 71.7 Å². The molecule has 0 spiro atoms. The summed E-state index contributed by atoms with van der Waals surface area (Å²) in [4.78, 5) is 4.50. The molecule has 0 bridgehead atoms. The summed E-state index contributed by atoms with van der Waals surface area (Å²) < 4.78 is 6.52. The molecule has 21 heavy (non-hydrogen) atoms. The molecule has 0 aromatic carbocycles. The quantitative estimate of drug-likeness (QED) is 0.698. The normalized spacial score (nSPS) is 12.2. The summed E-state index contributed by atoms with van der Waals surface area (Å²) in [5.74, 6) is 0. The Morgan fingerprint density at radius 3 is 2.00 bits per heavy atom. The molecule has 0 aliphatic carbocycles. The van der Waals surface area contributed by atoms with Gasteiger partial charge in [0, 0.05) is 0 Å². The minimum Gasteiger partial charge on any atom is -0.410 e. The van der Waals surface area contributed by atoms with Crippen molar-refractivity contribution in [3.8, 4) is 6.07 Å². The van der Waals surface area contributed by atoms with E-state index in [0.29, 0.717) is 28.8 Å². The lowest BCUT2D eigenvalue weighted by Crippen LogP contribution is -2.47. The van der Waals surface area contributed by atoms with E-state index in [2.05, 4.69) is 52.6 Å². The molecular formula is C17H28N2OSi. The minimum absolute atomic E-state index is 0.549. The summed E-state index contributed by atoms with van der Waals surface area (Å²) in [7, 11) is -1.85. The second-order valence-electron chi connectivity index (χ2n) is 6.65. The second kappa shape index (κ2) is 7.19. The first-order valence-corrected chi connectivity index (χ1v) is 9.90. The topological polar surface area (TPSA) is 45.9 Å². The fraction of sp³-hybridized carbons (Fsp3) is 0.647. The van der Waals surface area contributed by atoms with Crippen LogP contribution in [0, 0.1) is 18.3 Å². The van der Waals surface area contributed by atoms with Crippen LogP contribution in [0.15, 0.2) is 12.1 Å². The number of nitrogens with zero attached hydrogens (tertiary/aromatic N) is 2. The molecule has 1 aromatic rings. The molecule has 1 aromatic heterocycles. The molecule has 0 fully saturated rings. The molecule has 3 nitrogen and oxygen atoms in total. The van der Waals surface area contributed by atoms with E-state index >= 15 is 0 Å². The Balaban J connectivity index is 2.97. The van der Waals surface area contributed by atoms with Crippen molar-refractivity contribution in [2.24, 2.45) is 0 Å². The SMILES string of the molecule is Cc1nc(CO[Si](C(C)C)(C(C)C)C(C)C)ccc1C#N. The summed E-state index contributed by atoms with van der Waals surface area (Å²) in [6.07, 6.45) is 0. The van der Waals surface area contributed by atoms with E-state index < -0.39 is 8.32 Å². The number of aromatic nitrogens is 1. The van der Waals surface area contributed by atoms with Crippen LogP contribution >= 0.6 is 0 Å². The van der Waals surface area contributed by atoms with Crippen molar-refractivity contribution in [1.82, 2.24) is 4.98 Å². The Morgan fingerprint density at radius 1 is 1.10 bits per heavy atom. The molecule has 1 rings (SSSR count). The summed E-state index contributed by atoms with van der Waals surface area (Å²) in [5, 5.41) is 8.97.